The first-order valence-electron chi connectivity index (χ1n) is 22.7. The van der Waals surface area contributed by atoms with Crippen molar-refractivity contribution in [3.05, 3.63) is 48.6 Å². The van der Waals surface area contributed by atoms with Crippen LogP contribution in [0, 0.1) is 0 Å². The quantitative estimate of drug-likeness (QED) is 0.0271. The number of carbonyl (C=O) groups excluding carboxylic acids is 2. The van der Waals surface area contributed by atoms with Crippen molar-refractivity contribution in [1.82, 2.24) is 0 Å². The summed E-state index contributed by atoms with van der Waals surface area (Å²) in [6.45, 7) is 3.35. The molecule has 1 saturated heterocycles. The van der Waals surface area contributed by atoms with Crippen molar-refractivity contribution in [1.29, 1.82) is 0 Å². The first-order chi connectivity index (χ1) is 27.8. The molecule has 1 aliphatic heterocycles. The van der Waals surface area contributed by atoms with Crippen molar-refractivity contribution < 1.29 is 49.0 Å². The van der Waals surface area contributed by atoms with Gasteiger partial charge in [-0.2, -0.15) is 0 Å². The van der Waals surface area contributed by atoms with Crippen LogP contribution in [0.2, 0.25) is 0 Å². The predicted molar refractivity (Wildman–Crippen MR) is 229 cm³/mol. The fourth-order valence-electron chi connectivity index (χ4n) is 6.54. The maximum Gasteiger partial charge on any atom is 0.306 e. The second kappa shape index (κ2) is 37.9. The molecule has 4 N–H and O–H groups in total. The van der Waals surface area contributed by atoms with Crippen LogP contribution in [0.25, 0.3) is 0 Å². The van der Waals surface area contributed by atoms with E-state index in [-0.39, 0.29) is 26.1 Å². The van der Waals surface area contributed by atoms with Gasteiger partial charge >= 0.3 is 11.9 Å². The van der Waals surface area contributed by atoms with E-state index < -0.39 is 55.4 Å². The number of ether oxygens (including phenoxy) is 4. The first kappa shape index (κ1) is 52.7. The Balaban J connectivity index is 2.34. The monoisotopic (exact) mass is 807 g/mol. The molecule has 6 atom stereocenters. The van der Waals surface area contributed by atoms with Gasteiger partial charge in [-0.05, 0) is 77.0 Å². The van der Waals surface area contributed by atoms with Gasteiger partial charge in [0.2, 0.25) is 0 Å². The van der Waals surface area contributed by atoms with Crippen LogP contribution < -0.4 is 0 Å². The Hall–Kier alpha value is -2.34. The maximum atomic E-state index is 12.8. The molecule has 0 radical (unpaired) electrons. The number of allylic oxidation sites excluding steroid dienone is 8. The molecule has 1 rings (SSSR count). The Morgan fingerprint density at radius 2 is 0.982 bits per heavy atom. The molecule has 330 valence electrons. The predicted octanol–water partition coefficient (Wildman–Crippen LogP) is 9.67. The van der Waals surface area contributed by atoms with E-state index in [4.69, 9.17) is 18.9 Å². The zero-order valence-corrected chi connectivity index (χ0v) is 35.8. The Kier molecular flexibility index (Phi) is 35.0. The third kappa shape index (κ3) is 29.5. The maximum absolute atomic E-state index is 12.8. The highest BCUT2D eigenvalue weighted by atomic mass is 16.7. The van der Waals surface area contributed by atoms with Gasteiger partial charge in [0.05, 0.1) is 13.2 Å². The second-order valence-electron chi connectivity index (χ2n) is 15.5. The molecular weight excluding hydrogens is 725 g/mol. The van der Waals surface area contributed by atoms with E-state index in [1.54, 1.807) is 0 Å². The normalized spacial score (nSPS) is 20.7. The number of carbonyl (C=O) groups is 2. The van der Waals surface area contributed by atoms with E-state index in [9.17, 15) is 30.0 Å². The molecule has 0 spiro atoms. The molecule has 6 unspecified atom stereocenters. The summed E-state index contributed by atoms with van der Waals surface area (Å²) in [5, 5.41) is 40.1. The van der Waals surface area contributed by atoms with Crippen molar-refractivity contribution in [2.24, 2.45) is 0 Å². The molecule has 10 heteroatoms. The lowest BCUT2D eigenvalue weighted by Gasteiger charge is -2.39. The van der Waals surface area contributed by atoms with Crippen molar-refractivity contribution in [3.8, 4) is 0 Å². The fourth-order valence-corrected chi connectivity index (χ4v) is 6.54. The van der Waals surface area contributed by atoms with Crippen molar-refractivity contribution in [2.45, 2.75) is 218 Å². The number of aliphatic hydroxyl groups excluding tert-OH is 4. The Labute approximate surface area is 346 Å². The third-order valence-electron chi connectivity index (χ3n) is 10.2. The van der Waals surface area contributed by atoms with E-state index in [1.807, 2.05) is 0 Å². The average Bonchev–Trinajstić information content (AvgIpc) is 3.21. The molecule has 0 amide bonds. The first-order valence-corrected chi connectivity index (χ1v) is 22.7. The van der Waals surface area contributed by atoms with Crippen LogP contribution in [0.15, 0.2) is 48.6 Å². The second-order valence-corrected chi connectivity index (χ2v) is 15.5. The summed E-state index contributed by atoms with van der Waals surface area (Å²) in [6, 6.07) is 0. The highest BCUT2D eigenvalue weighted by molar-refractivity contribution is 5.70. The summed E-state index contributed by atoms with van der Waals surface area (Å²) in [5.41, 5.74) is 0. The van der Waals surface area contributed by atoms with Gasteiger partial charge in [0.15, 0.2) is 12.4 Å². The summed E-state index contributed by atoms with van der Waals surface area (Å²) in [7, 11) is 0. The minimum absolute atomic E-state index is 0.212. The molecule has 0 aromatic heterocycles. The highest BCUT2D eigenvalue weighted by Gasteiger charge is 2.44. The van der Waals surface area contributed by atoms with Crippen LogP contribution in [0.1, 0.15) is 181 Å². The molecule has 1 fully saturated rings. The molecule has 1 heterocycles. The molecule has 1 aliphatic rings. The van der Waals surface area contributed by atoms with Gasteiger partial charge in [-0.1, -0.05) is 140 Å². The topological polar surface area (TPSA) is 152 Å². The average molecular weight is 807 g/mol. The fraction of sp³-hybridized carbons (Fsp3) is 0.787. The minimum atomic E-state index is -1.60. The largest absolute Gasteiger partial charge is 0.462 e. The zero-order chi connectivity index (χ0) is 41.6. The van der Waals surface area contributed by atoms with Crippen molar-refractivity contribution in [2.75, 3.05) is 19.8 Å². The number of hydrogen-bond donors (Lipinski definition) is 4. The van der Waals surface area contributed by atoms with Gasteiger partial charge in [0, 0.05) is 12.8 Å². The number of aliphatic hydroxyl groups is 4. The molecule has 57 heavy (non-hydrogen) atoms. The Bertz CT molecular complexity index is 1070. The number of esters is 2. The van der Waals surface area contributed by atoms with Gasteiger partial charge < -0.3 is 39.4 Å². The number of unbranched alkanes of at least 4 members (excludes halogenated alkanes) is 18. The molecule has 10 nitrogen and oxygen atoms in total. The van der Waals surface area contributed by atoms with Crippen LogP contribution in [0.4, 0.5) is 0 Å². The molecule has 0 aliphatic carbocycles. The van der Waals surface area contributed by atoms with Crippen LogP contribution in [-0.4, -0.2) is 89.0 Å². The summed E-state index contributed by atoms with van der Waals surface area (Å²) in [6.07, 6.45) is 36.8. The van der Waals surface area contributed by atoms with Gasteiger partial charge in [0.1, 0.15) is 31.0 Å². The van der Waals surface area contributed by atoms with Gasteiger partial charge in [0.25, 0.3) is 0 Å². The van der Waals surface area contributed by atoms with E-state index in [2.05, 4.69) is 62.5 Å². The molecule has 0 bridgehead atoms. The minimum Gasteiger partial charge on any atom is -0.462 e. The summed E-state index contributed by atoms with van der Waals surface area (Å²) >= 11 is 0. The lowest BCUT2D eigenvalue weighted by molar-refractivity contribution is -0.305. The lowest BCUT2D eigenvalue weighted by Crippen LogP contribution is -2.59. The standard InChI is InChI=1S/C47H82O10/c1-3-5-7-9-11-13-15-17-18-19-20-21-22-24-26-28-30-32-34-36-43(50)56-40(39-55-47-46(53)45(52)44(51)41(37-48)57-47)38-54-42(49)35-33-31-29-27-25-23-16-14-12-10-8-6-4-2/h11,13-14,16-18,20-21,40-41,44-48,51-53H,3-10,12,15,19,22-39H2,1-2H3/b13-11-,16-14-,18-17-,21-20-. The Morgan fingerprint density at radius 3 is 1.53 bits per heavy atom. The highest BCUT2D eigenvalue weighted by Crippen LogP contribution is 2.22. The van der Waals surface area contributed by atoms with Gasteiger partial charge in [-0.15, -0.1) is 0 Å². The Morgan fingerprint density at radius 1 is 0.544 bits per heavy atom. The van der Waals surface area contributed by atoms with Gasteiger partial charge in [-0.25, -0.2) is 0 Å². The smallest absolute Gasteiger partial charge is 0.306 e. The zero-order valence-electron chi connectivity index (χ0n) is 35.8. The van der Waals surface area contributed by atoms with E-state index >= 15 is 0 Å². The SMILES string of the molecule is CCCCC/C=C\C/C=C\C/C=C\CCCCCCCCC(=O)OC(COC(=O)CCCCCCC/C=C\CCCCCC)COC1OC(CO)C(O)C(O)C1O. The van der Waals surface area contributed by atoms with Crippen molar-refractivity contribution in [3.63, 3.8) is 0 Å². The van der Waals surface area contributed by atoms with Crippen LogP contribution in [-0.2, 0) is 28.5 Å². The van der Waals surface area contributed by atoms with Gasteiger partial charge in [-0.3, -0.25) is 9.59 Å². The molecule has 0 aromatic carbocycles. The summed E-state index contributed by atoms with van der Waals surface area (Å²) in [4.78, 5) is 25.3. The lowest BCUT2D eigenvalue weighted by atomic mass is 9.99. The summed E-state index contributed by atoms with van der Waals surface area (Å²) < 4.78 is 22.1. The van der Waals surface area contributed by atoms with E-state index in [0.717, 1.165) is 89.9 Å². The van der Waals surface area contributed by atoms with E-state index in [1.165, 1.54) is 51.4 Å². The van der Waals surface area contributed by atoms with E-state index in [0.29, 0.717) is 12.8 Å². The molecule has 0 aromatic rings. The van der Waals surface area contributed by atoms with Crippen LogP contribution >= 0.6 is 0 Å². The van der Waals surface area contributed by atoms with Crippen molar-refractivity contribution >= 4 is 11.9 Å². The molecular formula is C47H82O10. The summed E-state index contributed by atoms with van der Waals surface area (Å²) in [5.74, 6) is -0.833. The van der Waals surface area contributed by atoms with Crippen LogP contribution in [0.5, 0.6) is 0 Å². The third-order valence-corrected chi connectivity index (χ3v) is 10.2. The number of rotatable bonds is 37. The molecule has 0 saturated carbocycles. The number of hydrogen-bond acceptors (Lipinski definition) is 10. The van der Waals surface area contributed by atoms with Crippen LogP contribution in [0.3, 0.4) is 0 Å².